The van der Waals surface area contributed by atoms with Crippen molar-refractivity contribution < 1.29 is 23.2 Å². The molecule has 0 amide bonds. The minimum atomic E-state index is -0.470. The van der Waals surface area contributed by atoms with E-state index in [2.05, 4.69) is 16.1 Å². The van der Waals surface area contributed by atoms with E-state index in [1.54, 1.807) is 30.3 Å². The predicted molar refractivity (Wildman–Crippen MR) is 147 cm³/mol. The molecule has 3 atom stereocenters. The molecule has 7 rings (SSSR count). The summed E-state index contributed by atoms with van der Waals surface area (Å²) >= 11 is 1.51. The van der Waals surface area contributed by atoms with E-state index < -0.39 is 5.97 Å². The van der Waals surface area contributed by atoms with Crippen LogP contribution < -0.4 is 4.90 Å². The zero-order valence-electron chi connectivity index (χ0n) is 21.9. The van der Waals surface area contributed by atoms with E-state index in [1.165, 1.54) is 24.5 Å². The van der Waals surface area contributed by atoms with Gasteiger partial charge in [0.15, 0.2) is 5.13 Å². The Morgan fingerprint density at radius 1 is 1.20 bits per heavy atom. The number of fused-ring (bicyclic) bond motifs is 3. The second-order valence-electron chi connectivity index (χ2n) is 10.8. The average Bonchev–Trinajstić information content (AvgIpc) is 3.49. The maximum atomic E-state index is 14.6. The number of halogens is 1. The van der Waals surface area contributed by atoms with Gasteiger partial charge in [0.2, 0.25) is 0 Å². The van der Waals surface area contributed by atoms with E-state index in [9.17, 15) is 14.4 Å². The quantitative estimate of drug-likeness (QED) is 0.242. The van der Waals surface area contributed by atoms with Crippen molar-refractivity contribution in [3.8, 4) is 17.3 Å². The van der Waals surface area contributed by atoms with E-state index >= 15 is 0 Å². The number of nitrogens with zero attached hydrogens (tertiary/aromatic N) is 4. The van der Waals surface area contributed by atoms with Crippen molar-refractivity contribution in [2.45, 2.75) is 69.2 Å². The van der Waals surface area contributed by atoms with Crippen molar-refractivity contribution in [3.05, 3.63) is 64.7 Å². The molecule has 0 radical (unpaired) electrons. The SMILES string of the molecule is COC(=O)c1cc(C#N)c2nc(N3[C@@H]4CC[C@H]3CC(OCc3c(-c5ccccc5F)noc3C3CC3)C4)sc2c1. The zero-order chi connectivity index (χ0) is 27.4. The first-order chi connectivity index (χ1) is 19.5. The van der Waals surface area contributed by atoms with Crippen LogP contribution in [0, 0.1) is 17.1 Å². The number of ether oxygens (including phenoxy) is 2. The topological polar surface area (TPSA) is 101 Å². The summed E-state index contributed by atoms with van der Waals surface area (Å²) in [6.45, 7) is 0.339. The molecule has 4 aromatic rings. The standard InChI is InChI=1S/C30H27FN4O4S/c1-37-29(36)17-10-18(14-32)26-25(11-17)40-30(33-26)35-19-8-9-20(35)13-21(12-19)38-15-23-27(22-4-2-3-5-24(22)31)34-39-28(23)16-6-7-16/h2-5,10-11,16,19-21H,6-9,12-13,15H2,1H3/t19-,20+,21?. The first-order valence-corrected chi connectivity index (χ1v) is 14.4. The number of carbonyl (C=O) groups excluding carboxylic acids is 1. The van der Waals surface area contributed by atoms with Gasteiger partial charge in [-0.1, -0.05) is 28.6 Å². The molecule has 4 heterocycles. The minimum absolute atomic E-state index is 0.0548. The maximum Gasteiger partial charge on any atom is 0.337 e. The van der Waals surface area contributed by atoms with Crippen LogP contribution in [0.1, 0.15) is 71.7 Å². The van der Waals surface area contributed by atoms with Crippen molar-refractivity contribution >= 4 is 32.7 Å². The number of esters is 1. The Morgan fingerprint density at radius 2 is 1.98 bits per heavy atom. The van der Waals surface area contributed by atoms with Crippen LogP contribution in [0.4, 0.5) is 9.52 Å². The van der Waals surface area contributed by atoms with E-state index in [4.69, 9.17) is 19.0 Å². The summed E-state index contributed by atoms with van der Waals surface area (Å²) in [7, 11) is 1.33. The molecule has 2 aliphatic heterocycles. The largest absolute Gasteiger partial charge is 0.465 e. The lowest BCUT2D eigenvalue weighted by Crippen LogP contribution is -2.45. The smallest absolute Gasteiger partial charge is 0.337 e. The fraction of sp³-hybridized carbons (Fsp3) is 0.400. The molecule has 3 aliphatic rings. The van der Waals surface area contributed by atoms with Gasteiger partial charge in [0, 0.05) is 29.1 Å². The molecule has 40 heavy (non-hydrogen) atoms. The van der Waals surface area contributed by atoms with Crippen molar-refractivity contribution in [2.24, 2.45) is 0 Å². The zero-order valence-corrected chi connectivity index (χ0v) is 22.7. The molecule has 8 nitrogen and oxygen atoms in total. The van der Waals surface area contributed by atoms with Crippen LogP contribution in [0.15, 0.2) is 40.9 Å². The number of piperidine rings is 1. The predicted octanol–water partition coefficient (Wildman–Crippen LogP) is 6.34. The van der Waals surface area contributed by atoms with Crippen LogP contribution in [-0.4, -0.2) is 41.4 Å². The van der Waals surface area contributed by atoms with Gasteiger partial charge in [0.05, 0.1) is 35.6 Å². The molecule has 204 valence electrons. The van der Waals surface area contributed by atoms with Gasteiger partial charge in [-0.15, -0.1) is 0 Å². The highest BCUT2D eigenvalue weighted by atomic mass is 32.1. The summed E-state index contributed by atoms with van der Waals surface area (Å²) in [6, 6.07) is 12.7. The van der Waals surface area contributed by atoms with E-state index in [0.29, 0.717) is 40.4 Å². The molecule has 2 bridgehead atoms. The second kappa shape index (κ2) is 9.98. The summed E-state index contributed by atoms with van der Waals surface area (Å²) in [5, 5.41) is 14.8. The Bertz CT molecular complexity index is 1640. The lowest BCUT2D eigenvalue weighted by Gasteiger charge is -2.38. The van der Waals surface area contributed by atoms with E-state index in [0.717, 1.165) is 59.7 Å². The van der Waals surface area contributed by atoms with Crippen LogP contribution in [0.25, 0.3) is 21.5 Å². The van der Waals surface area contributed by atoms with Crippen molar-refractivity contribution in [1.29, 1.82) is 5.26 Å². The van der Waals surface area contributed by atoms with Crippen molar-refractivity contribution in [2.75, 3.05) is 12.0 Å². The number of rotatable bonds is 7. The van der Waals surface area contributed by atoms with Crippen molar-refractivity contribution in [3.63, 3.8) is 0 Å². The fourth-order valence-electron chi connectivity index (χ4n) is 6.22. The monoisotopic (exact) mass is 558 g/mol. The van der Waals surface area contributed by atoms with Crippen LogP contribution in [0.2, 0.25) is 0 Å². The van der Waals surface area contributed by atoms with Crippen LogP contribution in [-0.2, 0) is 16.1 Å². The Labute approximate surface area is 234 Å². The fourth-order valence-corrected chi connectivity index (χ4v) is 7.39. The molecule has 3 fully saturated rings. The molecular formula is C30H27FN4O4S. The summed E-state index contributed by atoms with van der Waals surface area (Å²) < 4.78 is 32.5. The van der Waals surface area contributed by atoms with Gasteiger partial charge in [-0.3, -0.25) is 0 Å². The molecule has 0 spiro atoms. The lowest BCUT2D eigenvalue weighted by molar-refractivity contribution is 0.0147. The summed E-state index contributed by atoms with van der Waals surface area (Å²) in [5.41, 5.74) is 3.18. The number of hydrogen-bond acceptors (Lipinski definition) is 9. The molecule has 2 aromatic carbocycles. The number of hydrogen-bond donors (Lipinski definition) is 0. The molecule has 2 saturated heterocycles. The molecular weight excluding hydrogens is 531 g/mol. The first-order valence-electron chi connectivity index (χ1n) is 13.6. The molecule has 10 heteroatoms. The molecule has 2 aromatic heterocycles. The van der Waals surface area contributed by atoms with Gasteiger partial charge in [0.1, 0.15) is 28.9 Å². The molecule has 1 aliphatic carbocycles. The molecule has 1 saturated carbocycles. The highest BCUT2D eigenvalue weighted by molar-refractivity contribution is 7.22. The summed E-state index contributed by atoms with van der Waals surface area (Å²) in [5.74, 6) is 0.372. The average molecular weight is 559 g/mol. The third kappa shape index (κ3) is 4.34. The number of aromatic nitrogens is 2. The number of benzene rings is 2. The van der Waals surface area contributed by atoms with E-state index in [1.807, 2.05) is 0 Å². The second-order valence-corrected chi connectivity index (χ2v) is 11.8. The lowest BCUT2D eigenvalue weighted by atomic mass is 10.00. The summed E-state index contributed by atoms with van der Waals surface area (Å²) in [4.78, 5) is 19.3. The van der Waals surface area contributed by atoms with Gasteiger partial charge < -0.3 is 18.9 Å². The van der Waals surface area contributed by atoms with Gasteiger partial charge >= 0.3 is 5.97 Å². The number of nitriles is 1. The normalized spacial score (nSPS) is 22.0. The van der Waals surface area contributed by atoms with Crippen LogP contribution >= 0.6 is 11.3 Å². The number of anilines is 1. The van der Waals surface area contributed by atoms with Crippen LogP contribution in [0.3, 0.4) is 0 Å². The third-order valence-electron chi connectivity index (χ3n) is 8.29. The third-order valence-corrected chi connectivity index (χ3v) is 9.31. The highest BCUT2D eigenvalue weighted by Crippen LogP contribution is 2.46. The van der Waals surface area contributed by atoms with E-state index in [-0.39, 0.29) is 24.0 Å². The molecule has 1 unspecified atom stereocenters. The highest BCUT2D eigenvalue weighted by Gasteiger charge is 2.43. The maximum absolute atomic E-state index is 14.6. The molecule has 0 N–H and O–H groups in total. The number of thiazole rings is 1. The van der Waals surface area contributed by atoms with Gasteiger partial charge in [-0.2, -0.15) is 5.26 Å². The summed E-state index contributed by atoms with van der Waals surface area (Å²) in [6.07, 6.45) is 5.95. The van der Waals surface area contributed by atoms with Gasteiger partial charge in [-0.25, -0.2) is 14.2 Å². The Morgan fingerprint density at radius 3 is 2.67 bits per heavy atom. The van der Waals surface area contributed by atoms with Crippen molar-refractivity contribution in [1.82, 2.24) is 10.1 Å². The minimum Gasteiger partial charge on any atom is -0.465 e. The Hall–Kier alpha value is -3.81. The number of carbonyl (C=O) groups is 1. The van der Waals surface area contributed by atoms with Crippen LogP contribution in [0.5, 0.6) is 0 Å². The van der Waals surface area contributed by atoms with Gasteiger partial charge in [-0.05, 0) is 62.8 Å². The first kappa shape index (κ1) is 25.2. The number of methoxy groups -OCH3 is 1. The van der Waals surface area contributed by atoms with Gasteiger partial charge in [0.25, 0.3) is 0 Å². The Balaban J connectivity index is 1.11. The Kier molecular flexibility index (Phi) is 6.28.